The van der Waals surface area contributed by atoms with Gasteiger partial charge in [-0.05, 0) is 37.6 Å². The zero-order valence-corrected chi connectivity index (χ0v) is 12.0. The summed E-state index contributed by atoms with van der Waals surface area (Å²) in [6.07, 6.45) is 10.6. The second-order valence-corrected chi connectivity index (χ2v) is 5.89. The molecule has 1 aliphatic carbocycles. The number of aromatic nitrogens is 2. The van der Waals surface area contributed by atoms with Crippen LogP contribution in [0.5, 0.6) is 0 Å². The molecule has 18 heavy (non-hydrogen) atoms. The summed E-state index contributed by atoms with van der Waals surface area (Å²) in [7, 11) is 2.11. The van der Waals surface area contributed by atoms with Crippen molar-refractivity contribution < 1.29 is 0 Å². The third kappa shape index (κ3) is 3.14. The summed E-state index contributed by atoms with van der Waals surface area (Å²) in [5.74, 6) is 1.65. The van der Waals surface area contributed by atoms with Crippen molar-refractivity contribution in [1.29, 1.82) is 0 Å². The van der Waals surface area contributed by atoms with Crippen LogP contribution in [-0.4, -0.2) is 16.1 Å². The van der Waals surface area contributed by atoms with Gasteiger partial charge in [0, 0.05) is 13.2 Å². The van der Waals surface area contributed by atoms with Crippen molar-refractivity contribution in [2.75, 3.05) is 6.54 Å². The van der Waals surface area contributed by atoms with E-state index in [4.69, 9.17) is 0 Å². The maximum atomic E-state index is 4.29. The first-order chi connectivity index (χ1) is 8.72. The second kappa shape index (κ2) is 6.37. The van der Waals surface area contributed by atoms with Crippen LogP contribution >= 0.6 is 0 Å². The zero-order valence-electron chi connectivity index (χ0n) is 12.0. The quantitative estimate of drug-likeness (QED) is 0.868. The highest BCUT2D eigenvalue weighted by atomic mass is 15.1. The van der Waals surface area contributed by atoms with E-state index < -0.39 is 0 Å². The molecule has 0 bridgehead atoms. The molecule has 1 fully saturated rings. The number of nitrogens with zero attached hydrogens (tertiary/aromatic N) is 2. The Labute approximate surface area is 111 Å². The zero-order chi connectivity index (χ0) is 13.0. The van der Waals surface area contributed by atoms with Gasteiger partial charge in [-0.1, -0.05) is 26.7 Å². The fourth-order valence-electron chi connectivity index (χ4n) is 3.26. The Kier molecular flexibility index (Phi) is 4.81. The first-order valence-electron chi connectivity index (χ1n) is 7.42. The van der Waals surface area contributed by atoms with Crippen LogP contribution in [-0.2, 0) is 7.05 Å². The molecule has 0 spiro atoms. The first-order valence-corrected chi connectivity index (χ1v) is 7.42. The number of hydrogen-bond donors (Lipinski definition) is 1. The Bertz CT molecular complexity index is 358. The minimum Gasteiger partial charge on any atom is -0.336 e. The molecule has 0 saturated heterocycles. The van der Waals surface area contributed by atoms with Crippen molar-refractivity contribution >= 4 is 0 Å². The fraction of sp³-hybridized carbons (Fsp3) is 0.800. The summed E-state index contributed by atoms with van der Waals surface area (Å²) in [6, 6.07) is 0.486. The summed E-state index contributed by atoms with van der Waals surface area (Å²) >= 11 is 0. The van der Waals surface area contributed by atoms with Crippen molar-refractivity contribution in [3.8, 4) is 0 Å². The number of aryl methyl sites for hydroxylation is 1. The van der Waals surface area contributed by atoms with Crippen LogP contribution in [0.25, 0.3) is 0 Å². The first kappa shape index (κ1) is 13.6. The molecule has 2 rings (SSSR count). The van der Waals surface area contributed by atoms with E-state index in [1.807, 2.05) is 12.5 Å². The summed E-state index contributed by atoms with van der Waals surface area (Å²) in [5.41, 5.74) is 1.35. The fourth-order valence-corrected chi connectivity index (χ4v) is 3.26. The Hall–Kier alpha value is -0.830. The van der Waals surface area contributed by atoms with Gasteiger partial charge in [-0.3, -0.25) is 0 Å². The molecule has 1 N–H and O–H groups in total. The highest BCUT2D eigenvalue weighted by Gasteiger charge is 2.28. The molecule has 0 radical (unpaired) electrons. The van der Waals surface area contributed by atoms with E-state index in [0.29, 0.717) is 6.04 Å². The van der Waals surface area contributed by atoms with Gasteiger partial charge in [-0.2, -0.15) is 0 Å². The van der Waals surface area contributed by atoms with Crippen molar-refractivity contribution in [3.05, 3.63) is 18.2 Å². The van der Waals surface area contributed by atoms with Gasteiger partial charge in [0.05, 0.1) is 18.1 Å². The van der Waals surface area contributed by atoms with Gasteiger partial charge in [0.2, 0.25) is 0 Å². The van der Waals surface area contributed by atoms with Gasteiger partial charge in [-0.15, -0.1) is 0 Å². The van der Waals surface area contributed by atoms with Gasteiger partial charge < -0.3 is 9.88 Å². The van der Waals surface area contributed by atoms with Crippen LogP contribution in [0.1, 0.15) is 57.7 Å². The summed E-state index contributed by atoms with van der Waals surface area (Å²) in [5, 5.41) is 3.74. The van der Waals surface area contributed by atoms with Crippen LogP contribution in [0.2, 0.25) is 0 Å². The maximum Gasteiger partial charge on any atom is 0.0946 e. The smallest absolute Gasteiger partial charge is 0.0946 e. The molecule has 1 saturated carbocycles. The molecule has 102 valence electrons. The third-order valence-electron chi connectivity index (χ3n) is 4.24. The molecule has 0 aromatic carbocycles. The highest BCUT2D eigenvalue weighted by molar-refractivity contribution is 5.07. The van der Waals surface area contributed by atoms with Crippen LogP contribution in [0.15, 0.2) is 12.5 Å². The van der Waals surface area contributed by atoms with Crippen LogP contribution in [0.3, 0.4) is 0 Å². The topological polar surface area (TPSA) is 29.9 Å². The molecule has 1 heterocycles. The lowest BCUT2D eigenvalue weighted by Gasteiger charge is -2.34. The molecule has 1 aromatic heterocycles. The van der Waals surface area contributed by atoms with E-state index in [0.717, 1.165) is 18.4 Å². The lowest BCUT2D eigenvalue weighted by atomic mass is 9.77. The number of rotatable bonds is 5. The summed E-state index contributed by atoms with van der Waals surface area (Å²) in [4.78, 5) is 4.29. The maximum absolute atomic E-state index is 4.29. The molecule has 3 unspecified atom stereocenters. The molecular formula is C15H27N3. The molecular weight excluding hydrogens is 222 g/mol. The number of hydrogen-bond acceptors (Lipinski definition) is 2. The number of nitrogens with one attached hydrogen (secondary N) is 1. The lowest BCUT2D eigenvalue weighted by molar-refractivity contribution is 0.219. The Morgan fingerprint density at radius 1 is 1.50 bits per heavy atom. The van der Waals surface area contributed by atoms with E-state index in [2.05, 4.69) is 35.8 Å². The predicted octanol–water partition coefficient (Wildman–Crippen LogP) is 3.29. The minimum absolute atomic E-state index is 0.486. The molecule has 0 aliphatic heterocycles. The van der Waals surface area contributed by atoms with Gasteiger partial charge in [0.15, 0.2) is 0 Å². The van der Waals surface area contributed by atoms with Crippen LogP contribution in [0, 0.1) is 11.8 Å². The van der Waals surface area contributed by atoms with E-state index in [1.54, 1.807) is 0 Å². The van der Waals surface area contributed by atoms with Crippen molar-refractivity contribution in [2.24, 2.45) is 18.9 Å². The Balaban J connectivity index is 2.11. The summed E-state index contributed by atoms with van der Waals surface area (Å²) in [6.45, 7) is 5.73. The van der Waals surface area contributed by atoms with E-state index in [1.165, 1.54) is 37.8 Å². The SMILES string of the molecule is CCCNC(c1cncn1C)C1CCCC(C)C1. The van der Waals surface area contributed by atoms with E-state index >= 15 is 0 Å². The molecule has 0 amide bonds. The van der Waals surface area contributed by atoms with E-state index in [-0.39, 0.29) is 0 Å². The van der Waals surface area contributed by atoms with Gasteiger partial charge in [-0.25, -0.2) is 4.98 Å². The van der Waals surface area contributed by atoms with Gasteiger partial charge >= 0.3 is 0 Å². The average molecular weight is 249 g/mol. The van der Waals surface area contributed by atoms with Crippen molar-refractivity contribution in [3.63, 3.8) is 0 Å². The molecule has 3 atom stereocenters. The number of imidazole rings is 1. The predicted molar refractivity (Wildman–Crippen MR) is 75.4 cm³/mol. The minimum atomic E-state index is 0.486. The average Bonchev–Trinajstić information content (AvgIpc) is 2.77. The van der Waals surface area contributed by atoms with Crippen LogP contribution in [0.4, 0.5) is 0 Å². The van der Waals surface area contributed by atoms with Crippen molar-refractivity contribution in [1.82, 2.24) is 14.9 Å². The monoisotopic (exact) mass is 249 g/mol. The lowest BCUT2D eigenvalue weighted by Crippen LogP contribution is -2.33. The largest absolute Gasteiger partial charge is 0.336 e. The standard InChI is InChI=1S/C15H27N3/c1-4-8-17-15(14-10-16-11-18(14)3)13-7-5-6-12(2)9-13/h10-13,15,17H,4-9H2,1-3H3. The Morgan fingerprint density at radius 3 is 2.94 bits per heavy atom. The summed E-state index contributed by atoms with van der Waals surface area (Å²) < 4.78 is 2.17. The molecule has 3 nitrogen and oxygen atoms in total. The molecule has 1 aromatic rings. The highest BCUT2D eigenvalue weighted by Crippen LogP contribution is 2.36. The molecule has 1 aliphatic rings. The third-order valence-corrected chi connectivity index (χ3v) is 4.24. The normalized spacial score (nSPS) is 26.2. The van der Waals surface area contributed by atoms with Crippen molar-refractivity contribution in [2.45, 2.75) is 52.0 Å². The van der Waals surface area contributed by atoms with Gasteiger partial charge in [0.1, 0.15) is 0 Å². The van der Waals surface area contributed by atoms with E-state index in [9.17, 15) is 0 Å². The van der Waals surface area contributed by atoms with Crippen LogP contribution < -0.4 is 5.32 Å². The second-order valence-electron chi connectivity index (χ2n) is 5.89. The Morgan fingerprint density at radius 2 is 2.33 bits per heavy atom. The molecule has 3 heteroatoms. The van der Waals surface area contributed by atoms with Gasteiger partial charge in [0.25, 0.3) is 0 Å².